The number of nitrogens with zero attached hydrogens (tertiary/aromatic N) is 1. The van der Waals surface area contributed by atoms with Crippen LogP contribution >= 0.6 is 0 Å². The SMILES string of the molecule is CC(C)(C)S(=O)(=O)N1C[C@H]1C1CCCCC1. The summed E-state index contributed by atoms with van der Waals surface area (Å²) in [6.07, 6.45) is 6.34. The summed E-state index contributed by atoms with van der Waals surface area (Å²) in [6, 6.07) is 0.324. The zero-order valence-corrected chi connectivity index (χ0v) is 11.4. The van der Waals surface area contributed by atoms with Gasteiger partial charge in [-0.3, -0.25) is 0 Å². The molecule has 0 aromatic heterocycles. The highest BCUT2D eigenvalue weighted by molar-refractivity contribution is 7.90. The lowest BCUT2D eigenvalue weighted by molar-refractivity contribution is 0.335. The molecular weight excluding hydrogens is 222 g/mol. The van der Waals surface area contributed by atoms with Gasteiger partial charge in [0.2, 0.25) is 10.0 Å². The van der Waals surface area contributed by atoms with Crippen LogP contribution in [0.3, 0.4) is 0 Å². The highest BCUT2D eigenvalue weighted by atomic mass is 32.2. The minimum Gasteiger partial charge on any atom is -0.212 e. The first-order valence-electron chi connectivity index (χ1n) is 6.35. The molecule has 2 rings (SSSR count). The van der Waals surface area contributed by atoms with E-state index < -0.39 is 14.8 Å². The fraction of sp³-hybridized carbons (Fsp3) is 1.00. The Kier molecular flexibility index (Phi) is 3.08. The molecule has 2 aliphatic rings. The number of sulfonamides is 1. The van der Waals surface area contributed by atoms with Crippen LogP contribution < -0.4 is 0 Å². The second kappa shape index (κ2) is 3.98. The van der Waals surface area contributed by atoms with Crippen LogP contribution in [-0.2, 0) is 10.0 Å². The molecule has 2 fully saturated rings. The molecule has 0 N–H and O–H groups in total. The quantitative estimate of drug-likeness (QED) is 0.700. The van der Waals surface area contributed by atoms with E-state index in [0.29, 0.717) is 12.0 Å². The smallest absolute Gasteiger partial charge is 0.212 e. The maximum absolute atomic E-state index is 12.2. The molecule has 1 saturated carbocycles. The third-order valence-corrected chi connectivity index (χ3v) is 6.46. The predicted molar refractivity (Wildman–Crippen MR) is 65.7 cm³/mol. The molecule has 3 nitrogen and oxygen atoms in total. The minimum absolute atomic E-state index is 0.324. The Hall–Kier alpha value is -0.0900. The van der Waals surface area contributed by atoms with Crippen LogP contribution in [-0.4, -0.2) is 30.1 Å². The van der Waals surface area contributed by atoms with Crippen molar-refractivity contribution in [3.05, 3.63) is 0 Å². The summed E-state index contributed by atoms with van der Waals surface area (Å²) in [7, 11) is -3.07. The molecule has 0 bridgehead atoms. The lowest BCUT2D eigenvalue weighted by Gasteiger charge is -2.24. The monoisotopic (exact) mass is 245 g/mol. The molecule has 16 heavy (non-hydrogen) atoms. The molecule has 0 radical (unpaired) electrons. The van der Waals surface area contributed by atoms with Crippen LogP contribution in [0.25, 0.3) is 0 Å². The van der Waals surface area contributed by atoms with E-state index in [-0.39, 0.29) is 0 Å². The van der Waals surface area contributed by atoms with Crippen molar-refractivity contribution in [3.63, 3.8) is 0 Å². The molecule has 1 aliphatic heterocycles. The average molecular weight is 245 g/mol. The van der Waals surface area contributed by atoms with E-state index in [9.17, 15) is 8.42 Å². The van der Waals surface area contributed by atoms with E-state index in [1.807, 2.05) is 0 Å². The van der Waals surface area contributed by atoms with Crippen molar-refractivity contribution in [1.82, 2.24) is 4.31 Å². The second-order valence-electron chi connectivity index (χ2n) is 6.15. The molecule has 1 aliphatic carbocycles. The van der Waals surface area contributed by atoms with Crippen molar-refractivity contribution in [3.8, 4) is 0 Å². The molecule has 0 amide bonds. The van der Waals surface area contributed by atoms with Gasteiger partial charge in [-0.15, -0.1) is 0 Å². The summed E-state index contributed by atoms with van der Waals surface area (Å²) in [5, 5.41) is 0. The van der Waals surface area contributed by atoms with Crippen LogP contribution in [0.1, 0.15) is 52.9 Å². The summed E-state index contributed by atoms with van der Waals surface area (Å²) < 4.78 is 25.5. The fourth-order valence-electron chi connectivity index (χ4n) is 2.67. The van der Waals surface area contributed by atoms with Crippen molar-refractivity contribution in [1.29, 1.82) is 0 Å². The predicted octanol–water partition coefficient (Wildman–Crippen LogP) is 2.38. The Balaban J connectivity index is 2.01. The first-order valence-corrected chi connectivity index (χ1v) is 7.79. The molecule has 1 unspecified atom stereocenters. The Labute approximate surface area is 99.3 Å². The molecular formula is C12H23NO2S. The van der Waals surface area contributed by atoms with Crippen LogP contribution in [0, 0.1) is 5.92 Å². The maximum Gasteiger partial charge on any atom is 0.219 e. The standard InChI is InChI=1S/C12H23NO2S/c1-12(2,3)16(14,15)13-9-11(13)10-7-5-4-6-8-10/h10-11H,4-9H2,1-3H3/t11-,13?/m0/s1. The topological polar surface area (TPSA) is 37.1 Å². The molecule has 0 aromatic carbocycles. The lowest BCUT2D eigenvalue weighted by atomic mass is 9.87. The zero-order valence-electron chi connectivity index (χ0n) is 10.6. The lowest BCUT2D eigenvalue weighted by Crippen LogP contribution is -2.35. The Morgan fingerprint density at radius 3 is 2.12 bits per heavy atom. The molecule has 1 heterocycles. The van der Waals surface area contributed by atoms with Gasteiger partial charge in [0.05, 0.1) is 4.75 Å². The first-order chi connectivity index (χ1) is 7.34. The summed E-state index contributed by atoms with van der Waals surface area (Å²) in [4.78, 5) is 0. The van der Waals surface area contributed by atoms with Gasteiger partial charge in [-0.2, -0.15) is 4.31 Å². The third-order valence-electron chi connectivity index (χ3n) is 3.88. The van der Waals surface area contributed by atoms with E-state index in [4.69, 9.17) is 0 Å². The number of hydrogen-bond acceptors (Lipinski definition) is 2. The highest BCUT2D eigenvalue weighted by Crippen LogP contribution is 2.40. The van der Waals surface area contributed by atoms with E-state index in [2.05, 4.69) is 0 Å². The minimum atomic E-state index is -3.07. The van der Waals surface area contributed by atoms with Crippen LogP contribution in [0.5, 0.6) is 0 Å². The zero-order chi connectivity index (χ0) is 12.0. The Bertz CT molecular complexity index is 350. The van der Waals surface area contributed by atoms with Crippen LogP contribution in [0.15, 0.2) is 0 Å². The van der Waals surface area contributed by atoms with Gasteiger partial charge in [0, 0.05) is 12.6 Å². The molecule has 4 heteroatoms. The van der Waals surface area contributed by atoms with E-state index in [1.54, 1.807) is 25.1 Å². The normalized spacial score (nSPS) is 32.7. The van der Waals surface area contributed by atoms with Gasteiger partial charge in [0.25, 0.3) is 0 Å². The largest absolute Gasteiger partial charge is 0.219 e. The summed E-state index contributed by atoms with van der Waals surface area (Å²) in [6.45, 7) is 6.14. The summed E-state index contributed by atoms with van der Waals surface area (Å²) in [5.41, 5.74) is 0. The third kappa shape index (κ3) is 2.14. The second-order valence-corrected chi connectivity index (χ2v) is 8.80. The van der Waals surface area contributed by atoms with Gasteiger partial charge in [0.15, 0.2) is 0 Å². The van der Waals surface area contributed by atoms with E-state index >= 15 is 0 Å². The van der Waals surface area contributed by atoms with E-state index in [0.717, 1.165) is 6.54 Å². The van der Waals surface area contributed by atoms with Crippen molar-refractivity contribution < 1.29 is 8.42 Å². The first kappa shape index (κ1) is 12.4. The van der Waals surface area contributed by atoms with Gasteiger partial charge in [-0.1, -0.05) is 19.3 Å². The van der Waals surface area contributed by atoms with Crippen LogP contribution in [0.4, 0.5) is 0 Å². The molecule has 1 saturated heterocycles. The Morgan fingerprint density at radius 2 is 1.62 bits per heavy atom. The Morgan fingerprint density at radius 1 is 1.06 bits per heavy atom. The van der Waals surface area contributed by atoms with Crippen molar-refractivity contribution >= 4 is 10.0 Å². The van der Waals surface area contributed by atoms with Gasteiger partial charge in [-0.05, 0) is 39.5 Å². The van der Waals surface area contributed by atoms with E-state index in [1.165, 1.54) is 32.1 Å². The van der Waals surface area contributed by atoms with Gasteiger partial charge < -0.3 is 0 Å². The van der Waals surface area contributed by atoms with Crippen molar-refractivity contribution in [2.75, 3.05) is 6.54 Å². The average Bonchev–Trinajstić information content (AvgIpc) is 2.97. The van der Waals surface area contributed by atoms with Gasteiger partial charge in [-0.25, -0.2) is 8.42 Å². The summed E-state index contributed by atoms with van der Waals surface area (Å²) in [5.74, 6) is 0.630. The number of hydrogen-bond donors (Lipinski definition) is 0. The highest BCUT2D eigenvalue weighted by Gasteiger charge is 2.51. The molecule has 94 valence electrons. The van der Waals surface area contributed by atoms with Gasteiger partial charge >= 0.3 is 0 Å². The maximum atomic E-state index is 12.2. The molecule has 0 aromatic rings. The number of rotatable bonds is 2. The van der Waals surface area contributed by atoms with Crippen molar-refractivity contribution in [2.45, 2.75) is 63.7 Å². The fourth-order valence-corrected chi connectivity index (χ4v) is 4.25. The molecule has 2 atom stereocenters. The van der Waals surface area contributed by atoms with Crippen LogP contribution in [0.2, 0.25) is 0 Å². The van der Waals surface area contributed by atoms with Gasteiger partial charge in [0.1, 0.15) is 0 Å². The summed E-state index contributed by atoms with van der Waals surface area (Å²) >= 11 is 0. The molecule has 0 spiro atoms. The van der Waals surface area contributed by atoms with Crippen molar-refractivity contribution in [2.24, 2.45) is 5.92 Å².